The van der Waals surface area contributed by atoms with Crippen LogP contribution in [0, 0.1) is 13.8 Å². The SMILES string of the molecule is Cc1noc(C)c1CC(=O)NC1CCn2nccc2C1. The molecule has 1 unspecified atom stereocenters. The first-order valence-corrected chi connectivity index (χ1v) is 6.85. The zero-order valence-corrected chi connectivity index (χ0v) is 11.7. The average Bonchev–Trinajstić information content (AvgIpc) is 3.00. The van der Waals surface area contributed by atoms with E-state index in [0.29, 0.717) is 6.42 Å². The monoisotopic (exact) mass is 274 g/mol. The summed E-state index contributed by atoms with van der Waals surface area (Å²) in [5.74, 6) is 0.747. The molecule has 0 fully saturated rings. The van der Waals surface area contributed by atoms with Crippen molar-refractivity contribution in [1.29, 1.82) is 0 Å². The molecule has 6 nitrogen and oxygen atoms in total. The van der Waals surface area contributed by atoms with Crippen LogP contribution in [0.3, 0.4) is 0 Å². The molecule has 0 saturated heterocycles. The predicted molar refractivity (Wildman–Crippen MR) is 72.2 cm³/mol. The standard InChI is InChI=1S/C14H18N4O2/c1-9-13(10(2)20-17-9)8-14(19)16-11-4-6-18-12(7-11)3-5-15-18/h3,5,11H,4,6-8H2,1-2H3,(H,16,19). The van der Waals surface area contributed by atoms with Crippen LogP contribution >= 0.6 is 0 Å². The highest BCUT2D eigenvalue weighted by Gasteiger charge is 2.21. The minimum Gasteiger partial charge on any atom is -0.361 e. The lowest BCUT2D eigenvalue weighted by Gasteiger charge is -2.24. The van der Waals surface area contributed by atoms with Gasteiger partial charge in [0.2, 0.25) is 5.91 Å². The van der Waals surface area contributed by atoms with E-state index in [2.05, 4.69) is 15.6 Å². The Balaban J connectivity index is 1.60. The van der Waals surface area contributed by atoms with Crippen LogP contribution in [0.5, 0.6) is 0 Å². The molecule has 106 valence electrons. The Kier molecular flexibility index (Phi) is 3.30. The summed E-state index contributed by atoms with van der Waals surface area (Å²) in [4.78, 5) is 12.1. The lowest BCUT2D eigenvalue weighted by atomic mass is 10.0. The van der Waals surface area contributed by atoms with E-state index in [1.807, 2.05) is 30.8 Å². The largest absolute Gasteiger partial charge is 0.361 e. The molecule has 20 heavy (non-hydrogen) atoms. The number of nitrogens with one attached hydrogen (secondary N) is 1. The molecule has 0 bridgehead atoms. The molecule has 0 aromatic carbocycles. The molecular weight excluding hydrogens is 256 g/mol. The number of carbonyl (C=O) groups excluding carboxylic acids is 1. The van der Waals surface area contributed by atoms with Crippen molar-refractivity contribution < 1.29 is 9.32 Å². The number of aromatic nitrogens is 3. The summed E-state index contributed by atoms with van der Waals surface area (Å²) in [5.41, 5.74) is 2.86. The number of hydrogen-bond acceptors (Lipinski definition) is 4. The van der Waals surface area contributed by atoms with Crippen LogP contribution in [0.25, 0.3) is 0 Å². The Morgan fingerprint density at radius 3 is 3.15 bits per heavy atom. The van der Waals surface area contributed by atoms with Crippen LogP contribution in [-0.4, -0.2) is 26.9 Å². The smallest absolute Gasteiger partial charge is 0.224 e. The summed E-state index contributed by atoms with van der Waals surface area (Å²) in [6.45, 7) is 4.55. The number of hydrogen-bond donors (Lipinski definition) is 1. The van der Waals surface area contributed by atoms with Gasteiger partial charge in [0.1, 0.15) is 5.76 Å². The zero-order valence-electron chi connectivity index (χ0n) is 11.7. The van der Waals surface area contributed by atoms with Crippen molar-refractivity contribution >= 4 is 5.91 Å². The van der Waals surface area contributed by atoms with Crippen molar-refractivity contribution in [3.63, 3.8) is 0 Å². The van der Waals surface area contributed by atoms with Crippen LogP contribution in [0.4, 0.5) is 0 Å². The lowest BCUT2D eigenvalue weighted by Crippen LogP contribution is -2.41. The van der Waals surface area contributed by atoms with Gasteiger partial charge in [0.25, 0.3) is 0 Å². The van der Waals surface area contributed by atoms with Gasteiger partial charge in [0.05, 0.1) is 12.1 Å². The topological polar surface area (TPSA) is 73.0 Å². The van der Waals surface area contributed by atoms with E-state index in [4.69, 9.17) is 4.52 Å². The Morgan fingerprint density at radius 2 is 2.40 bits per heavy atom. The Hall–Kier alpha value is -2.11. The van der Waals surface area contributed by atoms with Crippen molar-refractivity contribution in [2.75, 3.05) is 0 Å². The Labute approximate surface area is 117 Å². The van der Waals surface area contributed by atoms with Crippen molar-refractivity contribution in [3.05, 3.63) is 35.0 Å². The van der Waals surface area contributed by atoms with E-state index in [0.717, 1.165) is 36.4 Å². The lowest BCUT2D eigenvalue weighted by molar-refractivity contribution is -0.121. The second kappa shape index (κ2) is 5.11. The van der Waals surface area contributed by atoms with E-state index >= 15 is 0 Å². The number of carbonyl (C=O) groups is 1. The summed E-state index contributed by atoms with van der Waals surface area (Å²) in [5, 5.41) is 11.2. The summed E-state index contributed by atoms with van der Waals surface area (Å²) in [6, 6.07) is 2.19. The second-order valence-corrected chi connectivity index (χ2v) is 5.28. The molecule has 3 heterocycles. The number of fused-ring (bicyclic) bond motifs is 1. The third-order valence-corrected chi connectivity index (χ3v) is 3.83. The van der Waals surface area contributed by atoms with Gasteiger partial charge < -0.3 is 9.84 Å². The van der Waals surface area contributed by atoms with Crippen molar-refractivity contribution in [3.8, 4) is 0 Å². The highest BCUT2D eigenvalue weighted by atomic mass is 16.5. The molecule has 0 saturated carbocycles. The van der Waals surface area contributed by atoms with E-state index in [-0.39, 0.29) is 11.9 Å². The number of aryl methyl sites for hydroxylation is 3. The van der Waals surface area contributed by atoms with Gasteiger partial charge in [0, 0.05) is 36.5 Å². The van der Waals surface area contributed by atoms with Crippen LogP contribution in [-0.2, 0) is 24.2 Å². The van der Waals surface area contributed by atoms with Gasteiger partial charge in [-0.25, -0.2) is 0 Å². The van der Waals surface area contributed by atoms with E-state index in [1.54, 1.807) is 0 Å². The number of rotatable bonds is 3. The maximum Gasteiger partial charge on any atom is 0.224 e. The van der Waals surface area contributed by atoms with Gasteiger partial charge in [0.15, 0.2) is 0 Å². The van der Waals surface area contributed by atoms with E-state index < -0.39 is 0 Å². The molecular formula is C14H18N4O2. The molecule has 1 aliphatic heterocycles. The van der Waals surface area contributed by atoms with Crippen LogP contribution < -0.4 is 5.32 Å². The fourth-order valence-electron chi connectivity index (χ4n) is 2.68. The molecule has 2 aromatic rings. The fourth-order valence-corrected chi connectivity index (χ4v) is 2.68. The Morgan fingerprint density at radius 1 is 1.55 bits per heavy atom. The molecule has 1 aliphatic rings. The average molecular weight is 274 g/mol. The number of amides is 1. The van der Waals surface area contributed by atoms with E-state index in [1.165, 1.54) is 5.69 Å². The normalized spacial score (nSPS) is 17.8. The van der Waals surface area contributed by atoms with Crippen molar-refractivity contribution in [2.24, 2.45) is 0 Å². The predicted octanol–water partition coefficient (Wildman–Crippen LogP) is 1.16. The van der Waals surface area contributed by atoms with Crippen LogP contribution in [0.2, 0.25) is 0 Å². The summed E-state index contributed by atoms with van der Waals surface area (Å²) in [6.07, 6.45) is 3.90. The highest BCUT2D eigenvalue weighted by molar-refractivity contribution is 5.79. The highest BCUT2D eigenvalue weighted by Crippen LogP contribution is 2.15. The summed E-state index contributed by atoms with van der Waals surface area (Å²) in [7, 11) is 0. The molecule has 0 radical (unpaired) electrons. The van der Waals surface area contributed by atoms with Crippen LogP contribution in [0.1, 0.15) is 29.1 Å². The quantitative estimate of drug-likeness (QED) is 0.911. The first-order chi connectivity index (χ1) is 9.63. The Bertz CT molecular complexity index is 609. The van der Waals surface area contributed by atoms with Gasteiger partial charge in [-0.2, -0.15) is 5.10 Å². The first kappa shape index (κ1) is 12.9. The summed E-state index contributed by atoms with van der Waals surface area (Å²) >= 11 is 0. The number of nitrogens with zero attached hydrogens (tertiary/aromatic N) is 3. The van der Waals surface area contributed by atoms with Gasteiger partial charge in [-0.1, -0.05) is 5.16 Å². The maximum absolute atomic E-state index is 12.1. The summed E-state index contributed by atoms with van der Waals surface area (Å²) < 4.78 is 7.08. The minimum absolute atomic E-state index is 0.0253. The van der Waals surface area contributed by atoms with Crippen molar-refractivity contribution in [2.45, 2.75) is 45.7 Å². The third-order valence-electron chi connectivity index (χ3n) is 3.83. The second-order valence-electron chi connectivity index (χ2n) is 5.28. The molecule has 1 N–H and O–H groups in total. The van der Waals surface area contributed by atoms with E-state index in [9.17, 15) is 4.79 Å². The third kappa shape index (κ3) is 2.45. The molecule has 3 rings (SSSR count). The molecule has 1 atom stereocenters. The van der Waals surface area contributed by atoms with Crippen LogP contribution in [0.15, 0.2) is 16.8 Å². The zero-order chi connectivity index (χ0) is 14.1. The minimum atomic E-state index is 0.0253. The molecule has 2 aromatic heterocycles. The molecule has 0 aliphatic carbocycles. The first-order valence-electron chi connectivity index (χ1n) is 6.85. The molecule has 1 amide bonds. The van der Waals surface area contributed by atoms with Gasteiger partial charge >= 0.3 is 0 Å². The van der Waals surface area contributed by atoms with Gasteiger partial charge in [-0.05, 0) is 26.3 Å². The maximum atomic E-state index is 12.1. The van der Waals surface area contributed by atoms with Gasteiger partial charge in [-0.15, -0.1) is 0 Å². The molecule has 0 spiro atoms. The fraction of sp³-hybridized carbons (Fsp3) is 0.500. The molecule has 6 heteroatoms. The van der Waals surface area contributed by atoms with Crippen molar-refractivity contribution in [1.82, 2.24) is 20.3 Å². The van der Waals surface area contributed by atoms with Gasteiger partial charge in [-0.3, -0.25) is 9.48 Å².